The largest absolute Gasteiger partial charge is 0.309 e. The van der Waals surface area contributed by atoms with Crippen molar-refractivity contribution < 1.29 is 0 Å². The highest BCUT2D eigenvalue weighted by Crippen LogP contribution is 2.44. The Morgan fingerprint density at radius 2 is 0.317 bits per heavy atom. The fraction of sp³-hybridized carbons (Fsp3) is 0.308. The highest BCUT2D eigenvalue weighted by molar-refractivity contribution is 6.15. The minimum Gasteiger partial charge on any atom is -0.309 e. The number of fused-ring (bicyclic) bond motifs is 12. The van der Waals surface area contributed by atoms with Gasteiger partial charge in [-0.25, -0.2) is 0 Å². The molecule has 0 saturated heterocycles. The zero-order valence-electron chi connectivity index (χ0n) is 52.0. The minimum absolute atomic E-state index is 0.0107. The van der Waals surface area contributed by atoms with E-state index in [1.54, 1.807) is 0 Å². The van der Waals surface area contributed by atoms with Crippen LogP contribution in [0.5, 0.6) is 0 Å². The van der Waals surface area contributed by atoms with Gasteiger partial charge in [-0.05, 0) is 199 Å². The SMILES string of the molecule is CC(C)(C)c1ccc2c(c1)c1cc(C(C)(C)C)ccc1n2-c1ccc(-n2c3ccc(-n4c5ccc(C(C)(C)C)cc5c5cc(C(C)(C)C)ccc54)cc3c3cc(-n4c5ccc(C(C)(C)C)cc5c5cc(C(C)(C)C)ccc54)ccc32)cc1. The van der Waals surface area contributed by atoms with Gasteiger partial charge in [0.2, 0.25) is 0 Å². The first-order valence-corrected chi connectivity index (χ1v) is 29.9. The second-order valence-corrected chi connectivity index (χ2v) is 30.2. The van der Waals surface area contributed by atoms with Crippen LogP contribution in [-0.2, 0) is 32.5 Å². The number of rotatable bonds is 4. The van der Waals surface area contributed by atoms with Crippen molar-refractivity contribution in [1.82, 2.24) is 18.3 Å². The Balaban J connectivity index is 1.06. The molecule has 0 aliphatic heterocycles. The molecule has 0 saturated carbocycles. The lowest BCUT2D eigenvalue weighted by Gasteiger charge is -2.19. The average molecular weight is 1080 g/mol. The maximum absolute atomic E-state index is 2.51. The predicted octanol–water partition coefficient (Wildman–Crippen LogP) is 21.9. The number of hydrogen-bond acceptors (Lipinski definition) is 0. The lowest BCUT2D eigenvalue weighted by atomic mass is 9.85. The van der Waals surface area contributed by atoms with Gasteiger partial charge in [-0.3, -0.25) is 0 Å². The second-order valence-electron chi connectivity index (χ2n) is 30.2. The molecule has 9 aromatic carbocycles. The third kappa shape index (κ3) is 8.60. The van der Waals surface area contributed by atoms with Crippen molar-refractivity contribution in [2.75, 3.05) is 0 Å². The fourth-order valence-corrected chi connectivity index (χ4v) is 13.0. The van der Waals surface area contributed by atoms with Gasteiger partial charge < -0.3 is 18.3 Å². The summed E-state index contributed by atoms with van der Waals surface area (Å²) in [6.45, 7) is 41.7. The Hall–Kier alpha value is -7.82. The molecule has 0 spiro atoms. The van der Waals surface area contributed by atoms with E-state index in [0.29, 0.717) is 0 Å². The number of hydrogen-bond donors (Lipinski definition) is 0. The highest BCUT2D eigenvalue weighted by atomic mass is 15.0. The summed E-state index contributed by atoms with van der Waals surface area (Å²) >= 11 is 0. The van der Waals surface area contributed by atoms with E-state index >= 15 is 0 Å². The molecule has 0 fully saturated rings. The monoisotopic (exact) mass is 1070 g/mol. The van der Waals surface area contributed by atoms with Crippen LogP contribution in [0.2, 0.25) is 0 Å². The maximum Gasteiger partial charge on any atom is 0.0542 e. The smallest absolute Gasteiger partial charge is 0.0542 e. The molecule has 0 unspecified atom stereocenters. The van der Waals surface area contributed by atoms with E-state index in [9.17, 15) is 0 Å². The van der Waals surface area contributed by atoms with Crippen molar-refractivity contribution in [3.05, 3.63) is 203 Å². The maximum atomic E-state index is 2.51. The van der Waals surface area contributed by atoms with Crippen molar-refractivity contribution in [2.45, 2.75) is 157 Å². The second kappa shape index (κ2) is 17.8. The van der Waals surface area contributed by atoms with E-state index in [-0.39, 0.29) is 32.5 Å². The molecular formula is C78H82N4. The Morgan fingerprint density at radius 1 is 0.171 bits per heavy atom. The summed E-state index contributed by atoms with van der Waals surface area (Å²) in [5.74, 6) is 0. The molecule has 0 amide bonds. The third-order valence-corrected chi connectivity index (χ3v) is 18.1. The number of nitrogens with zero attached hydrogens (tertiary/aromatic N) is 4. The first kappa shape index (κ1) is 53.5. The van der Waals surface area contributed by atoms with Gasteiger partial charge in [-0.15, -0.1) is 0 Å². The van der Waals surface area contributed by atoms with Crippen LogP contribution in [0, 0.1) is 0 Å². The molecule has 0 aliphatic rings. The van der Waals surface area contributed by atoms with Crippen molar-refractivity contribution in [2.24, 2.45) is 0 Å². The molecule has 0 N–H and O–H groups in total. The standard InChI is InChI=1S/C78H82N4/c1-73(2,3)47-19-31-65-57(39-47)58-40-48(74(4,5)6)20-32-66(58)79(65)53-25-27-54(28-26-53)80-71-37-29-55(81-67-33-21-49(75(7,8)9)41-59(67)60-42-50(76(10,11)12)22-34-68(60)81)45-63(71)64-46-56(30-38-72(64)80)82-69-35-23-51(77(13,14)15)43-61(69)62-44-52(78(16,17)18)24-36-70(62)82/h19-46H,1-18H3. The normalized spacial score (nSPS) is 13.5. The minimum atomic E-state index is 0.0107. The number of benzene rings is 9. The van der Waals surface area contributed by atoms with E-state index in [0.717, 1.165) is 22.7 Å². The Labute approximate surface area is 486 Å². The molecule has 4 heteroatoms. The zero-order chi connectivity index (χ0) is 58.1. The van der Waals surface area contributed by atoms with E-state index in [2.05, 4.69) is 313 Å². The quantitative estimate of drug-likeness (QED) is 0.167. The van der Waals surface area contributed by atoms with Gasteiger partial charge in [0.15, 0.2) is 0 Å². The topological polar surface area (TPSA) is 19.7 Å². The van der Waals surface area contributed by atoms with Gasteiger partial charge in [-0.2, -0.15) is 0 Å². The molecular weight excluding hydrogens is 993 g/mol. The molecule has 0 aliphatic carbocycles. The highest BCUT2D eigenvalue weighted by Gasteiger charge is 2.26. The Morgan fingerprint density at radius 3 is 0.500 bits per heavy atom. The summed E-state index contributed by atoms with van der Waals surface area (Å²) in [6, 6.07) is 66.6. The van der Waals surface area contributed by atoms with Crippen LogP contribution in [0.15, 0.2) is 170 Å². The zero-order valence-corrected chi connectivity index (χ0v) is 52.0. The summed E-state index contributed by atoms with van der Waals surface area (Å²) in [5, 5.41) is 10.2. The van der Waals surface area contributed by atoms with E-state index in [1.807, 2.05) is 0 Å². The van der Waals surface area contributed by atoms with Crippen molar-refractivity contribution >= 4 is 87.2 Å². The first-order valence-electron chi connectivity index (χ1n) is 29.9. The van der Waals surface area contributed by atoms with E-state index < -0.39 is 0 Å². The summed E-state index contributed by atoms with van der Waals surface area (Å²) in [7, 11) is 0. The van der Waals surface area contributed by atoms with Crippen LogP contribution in [0.25, 0.3) is 110 Å². The molecule has 13 aromatic rings. The molecule has 414 valence electrons. The lowest BCUT2D eigenvalue weighted by Crippen LogP contribution is -2.10. The van der Waals surface area contributed by atoms with Gasteiger partial charge in [-0.1, -0.05) is 161 Å². The Bertz CT molecular complexity index is 4340. The van der Waals surface area contributed by atoms with Crippen LogP contribution < -0.4 is 0 Å². The fourth-order valence-electron chi connectivity index (χ4n) is 13.0. The van der Waals surface area contributed by atoms with Gasteiger partial charge in [0, 0.05) is 65.8 Å². The van der Waals surface area contributed by atoms with Crippen molar-refractivity contribution in [3.63, 3.8) is 0 Å². The van der Waals surface area contributed by atoms with Crippen LogP contribution in [0.3, 0.4) is 0 Å². The molecule has 0 atom stereocenters. The molecule has 0 radical (unpaired) electrons. The summed E-state index contributed by atoms with van der Waals surface area (Å²) < 4.78 is 9.99. The van der Waals surface area contributed by atoms with Crippen LogP contribution in [0.4, 0.5) is 0 Å². The third-order valence-electron chi connectivity index (χ3n) is 18.1. The van der Waals surface area contributed by atoms with Crippen LogP contribution in [-0.4, -0.2) is 18.3 Å². The van der Waals surface area contributed by atoms with Crippen LogP contribution >= 0.6 is 0 Å². The summed E-state index contributed by atoms with van der Waals surface area (Å²) in [4.78, 5) is 0. The van der Waals surface area contributed by atoms with Gasteiger partial charge in [0.25, 0.3) is 0 Å². The summed E-state index contributed by atoms with van der Waals surface area (Å²) in [6.07, 6.45) is 0. The molecule has 13 rings (SSSR count). The predicted molar refractivity (Wildman–Crippen MR) is 356 cm³/mol. The molecule has 4 heterocycles. The number of aromatic nitrogens is 4. The molecule has 4 nitrogen and oxygen atoms in total. The van der Waals surface area contributed by atoms with E-state index in [1.165, 1.54) is 121 Å². The molecule has 82 heavy (non-hydrogen) atoms. The summed E-state index contributed by atoms with van der Waals surface area (Å²) in [5.41, 5.74) is 22.4. The van der Waals surface area contributed by atoms with Crippen LogP contribution in [0.1, 0.15) is 158 Å². The van der Waals surface area contributed by atoms with Gasteiger partial charge in [0.05, 0.1) is 44.1 Å². The van der Waals surface area contributed by atoms with Crippen molar-refractivity contribution in [3.8, 4) is 22.7 Å². The first-order chi connectivity index (χ1) is 38.4. The lowest BCUT2D eigenvalue weighted by molar-refractivity contribution is 0.590. The average Bonchev–Trinajstić information content (AvgIpc) is 3.85. The van der Waals surface area contributed by atoms with E-state index in [4.69, 9.17) is 0 Å². The van der Waals surface area contributed by atoms with Gasteiger partial charge >= 0.3 is 0 Å². The van der Waals surface area contributed by atoms with Gasteiger partial charge in [0.1, 0.15) is 0 Å². The Kier molecular flexibility index (Phi) is 11.6. The molecule has 4 aromatic heterocycles. The van der Waals surface area contributed by atoms with Crippen molar-refractivity contribution in [1.29, 1.82) is 0 Å². The molecule has 0 bridgehead atoms.